The van der Waals surface area contributed by atoms with Crippen molar-refractivity contribution < 1.29 is 4.42 Å². The van der Waals surface area contributed by atoms with Gasteiger partial charge in [-0.1, -0.05) is 293 Å². The first kappa shape index (κ1) is 69.9. The first-order chi connectivity index (χ1) is 55.4. The lowest BCUT2D eigenvalue weighted by atomic mass is 9.87. The summed E-state index contributed by atoms with van der Waals surface area (Å²) in [6.45, 7) is 20.4. The van der Waals surface area contributed by atoms with Gasteiger partial charge in [0.1, 0.15) is 11.2 Å². The third-order valence-corrected chi connectivity index (χ3v) is 24.7. The van der Waals surface area contributed by atoms with Crippen molar-refractivity contribution in [3.05, 3.63) is 375 Å². The van der Waals surface area contributed by atoms with Crippen LogP contribution in [0.5, 0.6) is 0 Å². The van der Waals surface area contributed by atoms with E-state index in [0.717, 1.165) is 33.1 Å². The van der Waals surface area contributed by atoms with Crippen molar-refractivity contribution >= 4 is 141 Å². The van der Waals surface area contributed by atoms with Crippen LogP contribution in [0, 0.1) is 0 Å². The molecule has 0 spiro atoms. The average molecular weight is 1490 g/mol. The van der Waals surface area contributed by atoms with Gasteiger partial charge in [0.2, 0.25) is 0 Å². The minimum absolute atomic E-state index is 0.120. The predicted molar refractivity (Wildman–Crippen MR) is 489 cm³/mol. The number of furan rings is 1. The maximum Gasteiger partial charge on any atom is 0.143 e. The Morgan fingerprint density at radius 3 is 1.04 bits per heavy atom. The molecule has 550 valence electrons. The van der Waals surface area contributed by atoms with Crippen LogP contribution in [0.3, 0.4) is 0 Å². The number of nitrogens with zero attached hydrogens (tertiary/aromatic N) is 4. The zero-order chi connectivity index (χ0) is 77.3. The number of para-hydroxylation sites is 7. The second-order valence-electron chi connectivity index (χ2n) is 33.6. The van der Waals surface area contributed by atoms with E-state index in [9.17, 15) is 0 Å². The number of rotatable bonds is 7. The Morgan fingerprint density at radius 2 is 0.553 bits per heavy atom. The van der Waals surface area contributed by atoms with Crippen LogP contribution < -0.4 is 0 Å². The molecule has 0 aliphatic rings. The molecule has 16 aromatic carbocycles. The lowest BCUT2D eigenvalue weighted by molar-refractivity contribution is 0.590. The van der Waals surface area contributed by atoms with Crippen LogP contribution in [-0.4, -0.2) is 18.3 Å². The molecule has 22 rings (SSSR count). The minimum Gasteiger partial charge on any atom is -0.455 e. The average Bonchev–Trinajstić information content (AvgIpc) is 1.59. The highest BCUT2D eigenvalue weighted by molar-refractivity contribution is 7.26. The van der Waals surface area contributed by atoms with Crippen molar-refractivity contribution in [2.75, 3.05) is 0 Å². The third kappa shape index (κ3) is 12.0. The van der Waals surface area contributed by atoms with E-state index in [1.165, 1.54) is 169 Å². The largest absolute Gasteiger partial charge is 0.455 e. The Kier molecular flexibility index (Phi) is 16.7. The third-order valence-electron chi connectivity index (χ3n) is 23.4. The number of benzene rings is 16. The standard InChI is InChI=1S/C40H32N2.C34H27NO.C34H27NS/c1-40(2,3)29-19-21-31(22-20-29)42-36-15-9-7-13-32(36)34-23-17-28(26-39(34)42)27-18-24-38-35(25-27)33-14-8-10-16-37(33)41(38)30-11-5-4-6-12-30;2*1-34(2,3)23-16-18-24(19-17-23)35-30-13-6-4-9-26(30)29-21-22(15-20-31(29)35)25-11-8-12-28-27-10-5-7-14-32(27)36-33(25)28/h4-26H,1-3H3;2*4-21H,1-3H3. The van der Waals surface area contributed by atoms with Gasteiger partial charge in [-0.2, -0.15) is 0 Å². The minimum atomic E-state index is 0.120. The van der Waals surface area contributed by atoms with Crippen LogP contribution in [0.4, 0.5) is 0 Å². The fourth-order valence-corrected chi connectivity index (χ4v) is 18.8. The highest BCUT2D eigenvalue weighted by Crippen LogP contribution is 2.46. The SMILES string of the molecule is CC(C)(C)c1ccc(-n2c3ccccc3c3cc(-c4cccc5c4oc4ccccc45)ccc32)cc1.CC(C)(C)c1ccc(-n2c3ccccc3c3cc(-c4cccc5c4sc4ccccc45)ccc32)cc1.CC(C)(C)c1ccc(-n2c3ccccc3c3ccc(-c4ccc5c(c4)c4ccccc4n5-c4ccccc4)cc32)cc1. The summed E-state index contributed by atoms with van der Waals surface area (Å²) in [4.78, 5) is 0. The second kappa shape index (κ2) is 27.3. The molecule has 0 atom stereocenters. The van der Waals surface area contributed by atoms with Crippen LogP contribution in [0.1, 0.15) is 79.0 Å². The summed E-state index contributed by atoms with van der Waals surface area (Å²) in [6, 6.07) is 131. The van der Waals surface area contributed by atoms with Gasteiger partial charge in [-0.3, -0.25) is 0 Å². The molecule has 22 aromatic rings. The number of thiophene rings is 1. The molecule has 6 heterocycles. The van der Waals surface area contributed by atoms with Crippen LogP contribution in [0.15, 0.2) is 362 Å². The maximum atomic E-state index is 6.35. The van der Waals surface area contributed by atoms with E-state index in [1.807, 2.05) is 23.5 Å². The summed E-state index contributed by atoms with van der Waals surface area (Å²) in [5, 5.41) is 15.2. The molecule has 0 saturated carbocycles. The summed E-state index contributed by atoms with van der Waals surface area (Å²) in [6.07, 6.45) is 0. The lowest BCUT2D eigenvalue weighted by Crippen LogP contribution is -2.10. The van der Waals surface area contributed by atoms with Gasteiger partial charge in [-0.15, -0.1) is 11.3 Å². The normalized spacial score (nSPS) is 12.3. The summed E-state index contributed by atoms with van der Waals surface area (Å²) < 4.78 is 18.6. The Morgan fingerprint density at radius 1 is 0.219 bits per heavy atom. The number of hydrogen-bond acceptors (Lipinski definition) is 2. The predicted octanol–water partition coefficient (Wildman–Crippen LogP) is 30.6. The first-order valence-electron chi connectivity index (χ1n) is 39.8. The van der Waals surface area contributed by atoms with Crippen molar-refractivity contribution in [1.82, 2.24) is 18.3 Å². The lowest BCUT2D eigenvalue weighted by Gasteiger charge is -2.19. The quantitative estimate of drug-likeness (QED) is 0.157. The molecule has 0 unspecified atom stereocenters. The fraction of sp³-hybridized carbons (Fsp3) is 0.111. The Hall–Kier alpha value is -13.3. The van der Waals surface area contributed by atoms with E-state index in [0.29, 0.717) is 0 Å². The molecule has 6 aromatic heterocycles. The molecular formula is C108H86N4OS. The van der Waals surface area contributed by atoms with E-state index in [2.05, 4.69) is 426 Å². The van der Waals surface area contributed by atoms with Gasteiger partial charge in [-0.25, -0.2) is 0 Å². The van der Waals surface area contributed by atoms with E-state index in [4.69, 9.17) is 4.42 Å². The molecule has 0 aliphatic heterocycles. The van der Waals surface area contributed by atoms with Crippen LogP contribution in [-0.2, 0) is 16.2 Å². The zero-order valence-corrected chi connectivity index (χ0v) is 66.5. The summed E-state index contributed by atoms with van der Waals surface area (Å²) in [5.41, 5.74) is 28.2. The van der Waals surface area contributed by atoms with Gasteiger partial charge in [0.25, 0.3) is 0 Å². The van der Waals surface area contributed by atoms with E-state index in [-0.39, 0.29) is 16.2 Å². The summed E-state index contributed by atoms with van der Waals surface area (Å²) in [7, 11) is 0. The topological polar surface area (TPSA) is 32.9 Å². The van der Waals surface area contributed by atoms with Gasteiger partial charge >= 0.3 is 0 Å². The van der Waals surface area contributed by atoms with Gasteiger partial charge in [0.15, 0.2) is 0 Å². The maximum absolute atomic E-state index is 6.35. The Labute approximate surface area is 668 Å². The monoisotopic (exact) mass is 1490 g/mol. The van der Waals surface area contributed by atoms with Gasteiger partial charge < -0.3 is 22.7 Å². The highest BCUT2D eigenvalue weighted by Gasteiger charge is 2.23. The van der Waals surface area contributed by atoms with E-state index in [1.54, 1.807) is 0 Å². The van der Waals surface area contributed by atoms with Crippen molar-refractivity contribution in [3.63, 3.8) is 0 Å². The molecule has 6 heteroatoms. The molecule has 0 aliphatic carbocycles. The Bertz CT molecular complexity index is 7210. The van der Waals surface area contributed by atoms with E-state index >= 15 is 0 Å². The van der Waals surface area contributed by atoms with Crippen LogP contribution in [0.25, 0.3) is 185 Å². The molecule has 0 fully saturated rings. The molecule has 5 nitrogen and oxygen atoms in total. The summed E-state index contributed by atoms with van der Waals surface area (Å²) >= 11 is 1.89. The van der Waals surface area contributed by atoms with Crippen molar-refractivity contribution in [2.45, 2.75) is 78.6 Å². The Balaban J connectivity index is 0.000000111. The second-order valence-corrected chi connectivity index (χ2v) is 34.7. The van der Waals surface area contributed by atoms with Crippen molar-refractivity contribution in [3.8, 4) is 56.1 Å². The van der Waals surface area contributed by atoms with Crippen molar-refractivity contribution in [2.24, 2.45) is 0 Å². The van der Waals surface area contributed by atoms with Gasteiger partial charge in [0, 0.05) is 102 Å². The molecule has 0 N–H and O–H groups in total. The molecule has 0 bridgehead atoms. The summed E-state index contributed by atoms with van der Waals surface area (Å²) in [5.74, 6) is 0. The molecule has 114 heavy (non-hydrogen) atoms. The smallest absolute Gasteiger partial charge is 0.143 e. The first-order valence-corrected chi connectivity index (χ1v) is 40.6. The molecular weight excluding hydrogens is 1400 g/mol. The van der Waals surface area contributed by atoms with Crippen LogP contribution in [0.2, 0.25) is 0 Å². The van der Waals surface area contributed by atoms with Gasteiger partial charge in [0.05, 0.1) is 44.1 Å². The van der Waals surface area contributed by atoms with Gasteiger partial charge in [-0.05, 0) is 188 Å². The number of fused-ring (bicyclic) bond motifs is 18. The van der Waals surface area contributed by atoms with Crippen LogP contribution >= 0.6 is 11.3 Å². The molecule has 0 radical (unpaired) electrons. The molecule has 0 amide bonds. The van der Waals surface area contributed by atoms with Crippen molar-refractivity contribution in [1.29, 1.82) is 0 Å². The molecule has 0 saturated heterocycles. The number of aromatic nitrogens is 4. The zero-order valence-electron chi connectivity index (χ0n) is 65.7. The fourth-order valence-electron chi connectivity index (χ4n) is 17.6. The number of hydrogen-bond donors (Lipinski definition) is 0. The van der Waals surface area contributed by atoms with E-state index < -0.39 is 0 Å². The highest BCUT2D eigenvalue weighted by atomic mass is 32.1.